The summed E-state index contributed by atoms with van der Waals surface area (Å²) in [5, 5.41) is 0. The summed E-state index contributed by atoms with van der Waals surface area (Å²) in [5.74, 6) is 0. The van der Waals surface area contributed by atoms with Crippen LogP contribution in [0.25, 0.3) is 0 Å². The van der Waals surface area contributed by atoms with E-state index in [1.807, 2.05) is 0 Å². The molecule has 42 valence electrons. The highest BCUT2D eigenvalue weighted by atomic mass is 15.1. The van der Waals surface area contributed by atoms with E-state index in [4.69, 9.17) is 0 Å². The van der Waals surface area contributed by atoms with Gasteiger partial charge in [-0.15, -0.1) is 0 Å². The molecule has 1 aliphatic rings. The van der Waals surface area contributed by atoms with Crippen molar-refractivity contribution in [1.29, 1.82) is 0 Å². The maximum atomic E-state index is 3.94. The Hall–Kier alpha value is -0.0400. The maximum Gasteiger partial charge on any atom is 0.0639 e. The van der Waals surface area contributed by atoms with Crippen LogP contribution in [0.2, 0.25) is 0 Å². The molecule has 0 aromatic carbocycles. The summed E-state index contributed by atoms with van der Waals surface area (Å²) in [6.45, 7) is 3.37. The number of hydrogen-bond acceptors (Lipinski definition) is 0. The van der Waals surface area contributed by atoms with Crippen LogP contribution in [-0.2, 0) is 0 Å². The second-order valence-corrected chi connectivity index (χ2v) is 2.29. The Bertz CT molecular complexity index is 57.2. The highest BCUT2D eigenvalue weighted by molar-refractivity contribution is 4.70. The smallest absolute Gasteiger partial charge is 0.0639 e. The lowest BCUT2D eigenvalue weighted by Crippen LogP contribution is -3.07. The van der Waals surface area contributed by atoms with Crippen molar-refractivity contribution in [2.75, 3.05) is 6.54 Å². The Morgan fingerprint density at radius 3 is 2.43 bits per heavy atom. The molecule has 1 rings (SSSR count). The van der Waals surface area contributed by atoms with E-state index in [0.29, 0.717) is 0 Å². The molecular formula is C6H13N. The molecule has 0 saturated heterocycles. The Morgan fingerprint density at radius 1 is 1.71 bits per heavy atom. The minimum Gasteiger partial charge on any atom is -0.466 e. The zero-order chi connectivity index (χ0) is 5.28. The van der Waals surface area contributed by atoms with Crippen molar-refractivity contribution in [1.82, 2.24) is 0 Å². The summed E-state index contributed by atoms with van der Waals surface area (Å²) >= 11 is 0. The lowest BCUT2D eigenvalue weighted by molar-refractivity contribution is -0.863. The van der Waals surface area contributed by atoms with E-state index in [-0.39, 0.29) is 0 Å². The van der Waals surface area contributed by atoms with E-state index in [1.165, 1.54) is 24.3 Å². The molecule has 0 aromatic heterocycles. The first-order valence-corrected chi connectivity index (χ1v) is 3.02. The number of rotatable bonds is 2. The number of hydrogen-bond donors (Lipinski definition) is 1. The third-order valence-electron chi connectivity index (χ3n) is 1.61. The third kappa shape index (κ3) is 1.16. The van der Waals surface area contributed by atoms with Gasteiger partial charge in [0.05, 0.1) is 12.6 Å². The van der Waals surface area contributed by atoms with Crippen molar-refractivity contribution < 1.29 is 4.90 Å². The van der Waals surface area contributed by atoms with Gasteiger partial charge in [0.15, 0.2) is 0 Å². The largest absolute Gasteiger partial charge is 0.466 e. The predicted molar refractivity (Wildman–Crippen MR) is 29.9 cm³/mol. The minimum absolute atomic E-state index is 0.921. The van der Waals surface area contributed by atoms with Gasteiger partial charge in [-0.05, 0) is 6.92 Å². The molecule has 0 bridgehead atoms. The first kappa shape index (κ1) is 5.10. The van der Waals surface area contributed by atoms with Crippen molar-refractivity contribution in [2.24, 2.45) is 0 Å². The molecule has 0 heterocycles. The number of nitrogens with one attached hydrogen (secondary N) is 1. The van der Waals surface area contributed by atoms with Crippen LogP contribution in [0.3, 0.4) is 0 Å². The van der Waals surface area contributed by atoms with Gasteiger partial charge >= 0.3 is 0 Å². The van der Waals surface area contributed by atoms with Crippen molar-refractivity contribution >= 4 is 0 Å². The Labute approximate surface area is 45.3 Å². The van der Waals surface area contributed by atoms with E-state index in [0.717, 1.165) is 6.04 Å². The monoisotopic (exact) mass is 99.1 g/mol. The zero-order valence-corrected chi connectivity index (χ0v) is 4.91. The molecular weight excluding hydrogens is 86.1 g/mol. The normalized spacial score (nSPS) is 24.9. The van der Waals surface area contributed by atoms with Gasteiger partial charge in [0.25, 0.3) is 0 Å². The Kier molecular flexibility index (Phi) is 1.33. The summed E-state index contributed by atoms with van der Waals surface area (Å²) in [4.78, 5) is 1.46. The SMILES string of the molecule is [CH2-][NH+](CC)C1CC1. The van der Waals surface area contributed by atoms with E-state index < -0.39 is 0 Å². The van der Waals surface area contributed by atoms with Gasteiger partial charge in [-0.1, -0.05) is 0 Å². The van der Waals surface area contributed by atoms with Crippen LogP contribution in [0.15, 0.2) is 0 Å². The first-order valence-electron chi connectivity index (χ1n) is 3.02. The minimum atomic E-state index is 0.921. The van der Waals surface area contributed by atoms with Gasteiger partial charge in [-0.3, -0.25) is 0 Å². The standard InChI is InChI=1S/C6H13N/c1-3-7(2)6-4-5-6/h6-7H,2-5H2,1H3. The van der Waals surface area contributed by atoms with E-state index >= 15 is 0 Å². The van der Waals surface area contributed by atoms with Gasteiger partial charge in [0.1, 0.15) is 0 Å². The summed E-state index contributed by atoms with van der Waals surface area (Å²) in [5.41, 5.74) is 0. The fourth-order valence-electron chi connectivity index (χ4n) is 0.780. The Balaban J connectivity index is 2.10. The van der Waals surface area contributed by atoms with Crippen LogP contribution in [0.4, 0.5) is 0 Å². The van der Waals surface area contributed by atoms with Crippen LogP contribution < -0.4 is 4.90 Å². The second-order valence-electron chi connectivity index (χ2n) is 2.29. The highest BCUT2D eigenvalue weighted by Gasteiger charge is 2.25. The molecule has 1 fully saturated rings. The fraction of sp³-hybridized carbons (Fsp3) is 0.833. The summed E-state index contributed by atoms with van der Waals surface area (Å²) in [6, 6.07) is 0.921. The summed E-state index contributed by atoms with van der Waals surface area (Å²) in [7, 11) is 3.94. The van der Waals surface area contributed by atoms with E-state index in [9.17, 15) is 0 Å². The molecule has 1 N–H and O–H groups in total. The van der Waals surface area contributed by atoms with Gasteiger partial charge in [-0.2, -0.15) is 7.05 Å². The third-order valence-corrected chi connectivity index (χ3v) is 1.61. The second kappa shape index (κ2) is 1.83. The maximum absolute atomic E-state index is 3.94. The predicted octanol–water partition coefficient (Wildman–Crippen LogP) is -0.155. The van der Waals surface area contributed by atoms with E-state index in [1.54, 1.807) is 0 Å². The van der Waals surface area contributed by atoms with Crippen molar-refractivity contribution in [3.05, 3.63) is 7.05 Å². The lowest BCUT2D eigenvalue weighted by Gasteiger charge is -2.16. The fourth-order valence-corrected chi connectivity index (χ4v) is 0.780. The molecule has 0 aliphatic heterocycles. The van der Waals surface area contributed by atoms with Crippen LogP contribution >= 0.6 is 0 Å². The molecule has 0 aromatic rings. The average Bonchev–Trinajstić information content (AvgIpc) is 2.44. The summed E-state index contributed by atoms with van der Waals surface area (Å²) in [6.07, 6.45) is 2.82. The topological polar surface area (TPSA) is 4.44 Å². The van der Waals surface area contributed by atoms with Crippen LogP contribution in [0.1, 0.15) is 19.8 Å². The molecule has 0 amide bonds. The molecule has 1 heteroatoms. The van der Waals surface area contributed by atoms with Gasteiger partial charge in [0, 0.05) is 12.8 Å². The van der Waals surface area contributed by atoms with Crippen molar-refractivity contribution in [3.63, 3.8) is 0 Å². The molecule has 0 spiro atoms. The molecule has 0 radical (unpaired) electrons. The highest BCUT2D eigenvalue weighted by Crippen LogP contribution is 2.14. The summed E-state index contributed by atoms with van der Waals surface area (Å²) < 4.78 is 0. The molecule has 1 saturated carbocycles. The zero-order valence-electron chi connectivity index (χ0n) is 4.91. The van der Waals surface area contributed by atoms with E-state index in [2.05, 4.69) is 14.0 Å². The van der Waals surface area contributed by atoms with Crippen LogP contribution in [0, 0.1) is 7.05 Å². The van der Waals surface area contributed by atoms with Crippen LogP contribution in [-0.4, -0.2) is 12.6 Å². The quantitative estimate of drug-likeness (QED) is 0.459. The first-order chi connectivity index (χ1) is 3.34. The van der Waals surface area contributed by atoms with Gasteiger partial charge in [0.2, 0.25) is 0 Å². The molecule has 1 aliphatic carbocycles. The van der Waals surface area contributed by atoms with Gasteiger partial charge in [-0.25, -0.2) is 0 Å². The van der Waals surface area contributed by atoms with Crippen molar-refractivity contribution in [2.45, 2.75) is 25.8 Å². The lowest BCUT2D eigenvalue weighted by atomic mass is 10.5. The Morgan fingerprint density at radius 2 is 2.29 bits per heavy atom. The molecule has 1 atom stereocenters. The van der Waals surface area contributed by atoms with Crippen molar-refractivity contribution in [3.8, 4) is 0 Å². The van der Waals surface area contributed by atoms with Gasteiger partial charge < -0.3 is 4.90 Å². The molecule has 1 unspecified atom stereocenters. The molecule has 7 heavy (non-hydrogen) atoms. The van der Waals surface area contributed by atoms with Crippen LogP contribution in [0.5, 0.6) is 0 Å². The molecule has 1 nitrogen and oxygen atoms in total. The number of quaternary nitrogens is 1. The average molecular weight is 99.2 g/mol.